The molecule has 0 spiro atoms. The molecule has 2 nitrogen and oxygen atoms in total. The van der Waals surface area contributed by atoms with Crippen molar-refractivity contribution in [1.82, 2.24) is 4.57 Å². The maximum Gasteiger partial charge on any atom is 0.0708 e. The average molecular weight is 817 g/mol. The van der Waals surface area contributed by atoms with E-state index in [0.717, 1.165) is 29.2 Å². The molecule has 0 amide bonds. The summed E-state index contributed by atoms with van der Waals surface area (Å²) < 4.78 is 2.39. The maximum atomic E-state index is 2.48. The fourth-order valence-corrected chi connectivity index (χ4v) is 12.2. The molecule has 64 heavy (non-hydrogen) atoms. The molecule has 302 valence electrons. The second-order valence-corrected chi connectivity index (χ2v) is 17.5. The fourth-order valence-electron chi connectivity index (χ4n) is 12.2. The summed E-state index contributed by atoms with van der Waals surface area (Å²) in [6, 6.07) is 86.0. The minimum Gasteiger partial charge on any atom is -0.310 e. The second kappa shape index (κ2) is 14.3. The molecule has 13 rings (SSSR count). The number of fused-ring (bicyclic) bond motifs is 8. The molecule has 0 fully saturated rings. The van der Waals surface area contributed by atoms with Gasteiger partial charge in [-0.25, -0.2) is 0 Å². The predicted octanol–water partition coefficient (Wildman–Crippen LogP) is 15.3. The highest BCUT2D eigenvalue weighted by atomic mass is 15.1. The number of aromatic nitrogens is 1. The molecule has 3 aliphatic carbocycles. The van der Waals surface area contributed by atoms with Gasteiger partial charge in [0.05, 0.1) is 21.9 Å². The molecular formula is C62H44N2. The van der Waals surface area contributed by atoms with Gasteiger partial charge < -0.3 is 9.47 Å². The maximum absolute atomic E-state index is 2.48. The molecule has 1 aromatic heterocycles. The lowest BCUT2D eigenvalue weighted by Gasteiger charge is -2.51. The van der Waals surface area contributed by atoms with Crippen LogP contribution in [0.25, 0.3) is 33.1 Å². The largest absolute Gasteiger partial charge is 0.310 e. The molecule has 3 unspecified atom stereocenters. The van der Waals surface area contributed by atoms with Gasteiger partial charge in [0, 0.05) is 39.4 Å². The van der Waals surface area contributed by atoms with Gasteiger partial charge in [-0.05, 0) is 117 Å². The van der Waals surface area contributed by atoms with Crippen LogP contribution in [-0.2, 0) is 10.8 Å². The molecule has 0 saturated carbocycles. The van der Waals surface area contributed by atoms with Gasteiger partial charge in [0.15, 0.2) is 0 Å². The van der Waals surface area contributed by atoms with Crippen LogP contribution in [0.5, 0.6) is 0 Å². The highest BCUT2D eigenvalue weighted by molar-refractivity contribution is 6.10. The molecule has 10 aromatic rings. The molecule has 0 radical (unpaired) electrons. The van der Waals surface area contributed by atoms with Gasteiger partial charge in [-0.1, -0.05) is 188 Å². The monoisotopic (exact) mass is 816 g/mol. The molecule has 9 aromatic carbocycles. The van der Waals surface area contributed by atoms with Crippen molar-refractivity contribution in [2.24, 2.45) is 5.92 Å². The van der Waals surface area contributed by atoms with E-state index in [1.165, 1.54) is 71.9 Å². The second-order valence-electron chi connectivity index (χ2n) is 17.5. The van der Waals surface area contributed by atoms with Crippen LogP contribution in [0.3, 0.4) is 0 Å². The number of rotatable bonds is 7. The zero-order valence-electron chi connectivity index (χ0n) is 35.4. The lowest BCUT2D eigenvalue weighted by atomic mass is 9.50. The van der Waals surface area contributed by atoms with Crippen LogP contribution >= 0.6 is 0 Å². The number of allylic oxidation sites excluding steroid dienone is 4. The van der Waals surface area contributed by atoms with Crippen LogP contribution in [0.4, 0.5) is 17.1 Å². The Labute approximate surface area is 374 Å². The van der Waals surface area contributed by atoms with Gasteiger partial charge in [0.1, 0.15) is 0 Å². The van der Waals surface area contributed by atoms with Crippen LogP contribution < -0.4 is 4.90 Å². The number of anilines is 3. The van der Waals surface area contributed by atoms with E-state index in [0.29, 0.717) is 0 Å². The summed E-state index contributed by atoms with van der Waals surface area (Å²) in [5.41, 5.74) is 18.1. The Morgan fingerprint density at radius 2 is 1.03 bits per heavy atom. The average Bonchev–Trinajstić information content (AvgIpc) is 3.87. The van der Waals surface area contributed by atoms with Crippen molar-refractivity contribution in [3.63, 3.8) is 0 Å². The summed E-state index contributed by atoms with van der Waals surface area (Å²) in [5, 5.41) is 2.45. The van der Waals surface area contributed by atoms with Crippen molar-refractivity contribution in [2.75, 3.05) is 4.90 Å². The lowest BCUT2D eigenvalue weighted by Crippen LogP contribution is -2.46. The summed E-state index contributed by atoms with van der Waals surface area (Å²) in [6.45, 7) is 0. The Bertz CT molecular complexity index is 3470. The molecular weight excluding hydrogens is 773 g/mol. The van der Waals surface area contributed by atoms with Gasteiger partial charge in [0.25, 0.3) is 0 Å². The normalized spacial score (nSPS) is 19.2. The predicted molar refractivity (Wildman–Crippen MR) is 265 cm³/mol. The first-order valence-corrected chi connectivity index (χ1v) is 22.5. The number of hydrogen-bond acceptors (Lipinski definition) is 1. The van der Waals surface area contributed by atoms with E-state index in [1.54, 1.807) is 0 Å². The standard InChI is InChI=1S/C62H44N2/c1-5-21-43(22-6-1)61(55-35-16-17-36-56(55)62(44-23-7-2-8-24-44)54-34-15-13-31-50(54)52-33-20-37-57(61)60(52)62)45-25-19-30-48(41-45)63(46-26-9-3-10-27-46)49-39-40-59-53(42-49)51-32-14-18-38-58(51)64(59)47-28-11-4-12-29-47/h1-33,35-42,54H,34H2. The Kier molecular flexibility index (Phi) is 8.20. The van der Waals surface area contributed by atoms with Crippen molar-refractivity contribution < 1.29 is 0 Å². The van der Waals surface area contributed by atoms with Crippen molar-refractivity contribution in [2.45, 2.75) is 17.3 Å². The minimum absolute atomic E-state index is 0.272. The van der Waals surface area contributed by atoms with E-state index in [4.69, 9.17) is 0 Å². The van der Waals surface area contributed by atoms with Crippen LogP contribution in [-0.4, -0.2) is 4.57 Å². The van der Waals surface area contributed by atoms with E-state index >= 15 is 0 Å². The van der Waals surface area contributed by atoms with Crippen LogP contribution in [0.2, 0.25) is 0 Å². The minimum atomic E-state index is -0.631. The first kappa shape index (κ1) is 36.7. The first-order valence-electron chi connectivity index (χ1n) is 22.5. The molecule has 0 aliphatic heterocycles. The third-order valence-electron chi connectivity index (χ3n) is 14.5. The van der Waals surface area contributed by atoms with E-state index in [2.05, 4.69) is 258 Å². The molecule has 1 heterocycles. The van der Waals surface area contributed by atoms with Crippen LogP contribution in [0.1, 0.15) is 50.9 Å². The first-order chi connectivity index (χ1) is 31.8. The summed E-state index contributed by atoms with van der Waals surface area (Å²) in [5.74, 6) is 0.272. The fraction of sp³-hybridized carbons (Fsp3) is 0.0645. The van der Waals surface area contributed by atoms with Crippen molar-refractivity contribution in [3.8, 4) is 5.69 Å². The zero-order valence-corrected chi connectivity index (χ0v) is 35.4. The van der Waals surface area contributed by atoms with Gasteiger partial charge in [-0.2, -0.15) is 0 Å². The number of hydrogen-bond donors (Lipinski definition) is 0. The van der Waals surface area contributed by atoms with Crippen LogP contribution in [0, 0.1) is 5.92 Å². The molecule has 2 heteroatoms. The smallest absolute Gasteiger partial charge is 0.0708 e. The van der Waals surface area contributed by atoms with E-state index in [1.807, 2.05) is 0 Å². The van der Waals surface area contributed by atoms with Crippen molar-refractivity contribution in [1.29, 1.82) is 0 Å². The van der Waals surface area contributed by atoms with Gasteiger partial charge >= 0.3 is 0 Å². The highest BCUT2D eigenvalue weighted by Crippen LogP contribution is 2.67. The Hall–Kier alpha value is -7.94. The van der Waals surface area contributed by atoms with Crippen molar-refractivity contribution >= 4 is 44.4 Å². The SMILES string of the molecule is C1=CCC2C(=C1)c1cccc3c1C2(c1ccccc1)c1ccccc1C3(c1ccccc1)c1cccc(N(c2ccccc2)c2ccc3c(c2)c2ccccc2n3-c2ccccc2)c1. The van der Waals surface area contributed by atoms with Gasteiger partial charge in [-0.15, -0.1) is 0 Å². The van der Waals surface area contributed by atoms with Crippen LogP contribution in [0.15, 0.2) is 249 Å². The number of para-hydroxylation sites is 3. The number of nitrogens with zero attached hydrogens (tertiary/aromatic N) is 2. The topological polar surface area (TPSA) is 8.17 Å². The molecule has 0 saturated heterocycles. The van der Waals surface area contributed by atoms with Crippen molar-refractivity contribution in [3.05, 3.63) is 293 Å². The Morgan fingerprint density at radius 1 is 0.438 bits per heavy atom. The summed E-state index contributed by atoms with van der Waals surface area (Å²) >= 11 is 0. The third kappa shape index (κ3) is 5.02. The Morgan fingerprint density at radius 3 is 1.83 bits per heavy atom. The molecule has 0 N–H and O–H groups in total. The Balaban J connectivity index is 1.09. The molecule has 3 aliphatic rings. The summed E-state index contributed by atoms with van der Waals surface area (Å²) in [4.78, 5) is 2.44. The summed E-state index contributed by atoms with van der Waals surface area (Å²) in [7, 11) is 0. The molecule has 0 bridgehead atoms. The lowest BCUT2D eigenvalue weighted by molar-refractivity contribution is 0.454. The summed E-state index contributed by atoms with van der Waals surface area (Å²) in [6.07, 6.45) is 8.03. The highest BCUT2D eigenvalue weighted by Gasteiger charge is 2.60. The number of benzene rings is 9. The van der Waals surface area contributed by atoms with Gasteiger partial charge in [-0.3, -0.25) is 0 Å². The van der Waals surface area contributed by atoms with Gasteiger partial charge in [0.2, 0.25) is 0 Å². The quantitative estimate of drug-likeness (QED) is 0.156. The van der Waals surface area contributed by atoms with E-state index < -0.39 is 5.41 Å². The third-order valence-corrected chi connectivity index (χ3v) is 14.5. The zero-order chi connectivity index (χ0) is 42.2. The van der Waals surface area contributed by atoms with E-state index in [9.17, 15) is 0 Å². The molecule has 3 atom stereocenters. The van der Waals surface area contributed by atoms with E-state index in [-0.39, 0.29) is 11.3 Å².